The topological polar surface area (TPSA) is 133 Å². The van der Waals surface area contributed by atoms with Gasteiger partial charge in [-0.2, -0.15) is 0 Å². The summed E-state index contributed by atoms with van der Waals surface area (Å²) in [4.78, 5) is 42.7. The number of aliphatic imine (C=N–C) groups is 3. The normalized spacial score (nSPS) is 22.8. The number of hydrogen-bond donors (Lipinski definition) is 3. The predicted octanol–water partition coefficient (Wildman–Crippen LogP) is 11.4. The van der Waals surface area contributed by atoms with Crippen molar-refractivity contribution in [2.75, 3.05) is 6.61 Å². The second-order valence-electron chi connectivity index (χ2n) is 18.9. The Bertz CT molecular complexity index is 2330. The average molecular weight is 827 g/mol. The van der Waals surface area contributed by atoms with Gasteiger partial charge in [0.2, 0.25) is 0 Å². The summed E-state index contributed by atoms with van der Waals surface area (Å²) in [5, 5.41) is 25.5. The van der Waals surface area contributed by atoms with Crippen molar-refractivity contribution in [3.63, 3.8) is 0 Å². The zero-order valence-corrected chi connectivity index (χ0v) is 38.3. The third-order valence-electron chi connectivity index (χ3n) is 12.4. The predicted molar refractivity (Wildman–Crippen MR) is 248 cm³/mol. The first-order valence-electron chi connectivity index (χ1n) is 22.2. The maximum atomic E-state index is 14.0. The number of hydrogen-bond acceptors (Lipinski definition) is 9. The van der Waals surface area contributed by atoms with Gasteiger partial charge >= 0.3 is 5.97 Å². The largest absolute Gasteiger partial charge is 0.515 e. The van der Waals surface area contributed by atoms with Crippen molar-refractivity contribution in [3.8, 4) is 0 Å². The Morgan fingerprint density at radius 3 is 2.31 bits per heavy atom. The molecule has 3 N–H and O–H groups in total. The van der Waals surface area contributed by atoms with Gasteiger partial charge in [0.1, 0.15) is 6.61 Å². The molecule has 1 aliphatic carbocycles. The van der Waals surface area contributed by atoms with Crippen molar-refractivity contribution in [2.24, 2.45) is 32.2 Å². The molecule has 0 aromatic heterocycles. The molecule has 1 unspecified atom stereocenters. The summed E-state index contributed by atoms with van der Waals surface area (Å²) in [6.07, 6.45) is 19.0. The third-order valence-corrected chi connectivity index (χ3v) is 12.4. The van der Waals surface area contributed by atoms with Gasteiger partial charge in [0.05, 0.1) is 46.6 Å². The molecule has 1 saturated carbocycles. The van der Waals surface area contributed by atoms with Crippen LogP contribution in [0.2, 0.25) is 0 Å². The molecule has 0 radical (unpaired) electrons. The molecular formula is C52H66N4O5. The van der Waals surface area contributed by atoms with Crippen molar-refractivity contribution in [1.29, 1.82) is 0 Å². The molecule has 61 heavy (non-hydrogen) atoms. The van der Waals surface area contributed by atoms with E-state index in [0.717, 1.165) is 65.6 Å². The third kappa shape index (κ3) is 10.2. The summed E-state index contributed by atoms with van der Waals surface area (Å²) >= 11 is 0. The van der Waals surface area contributed by atoms with E-state index < -0.39 is 6.10 Å². The van der Waals surface area contributed by atoms with Gasteiger partial charge < -0.3 is 20.3 Å². The average Bonchev–Trinajstić information content (AvgIpc) is 3.94. The Morgan fingerprint density at radius 1 is 0.951 bits per heavy atom. The summed E-state index contributed by atoms with van der Waals surface area (Å²) in [5.41, 5.74) is 15.0. The van der Waals surface area contributed by atoms with E-state index in [1.807, 2.05) is 38.2 Å². The van der Waals surface area contributed by atoms with Crippen molar-refractivity contribution >= 4 is 28.9 Å². The summed E-state index contributed by atoms with van der Waals surface area (Å²) in [5.74, 6) is -0.384. The van der Waals surface area contributed by atoms with Gasteiger partial charge in [-0.1, -0.05) is 63.5 Å². The molecule has 9 heteroatoms. The van der Waals surface area contributed by atoms with E-state index in [4.69, 9.17) is 19.7 Å². The van der Waals surface area contributed by atoms with E-state index in [9.17, 15) is 19.8 Å². The zero-order valence-electron chi connectivity index (χ0n) is 38.3. The van der Waals surface area contributed by atoms with Gasteiger partial charge in [0, 0.05) is 58.4 Å². The lowest BCUT2D eigenvalue weighted by Crippen LogP contribution is -2.15. The summed E-state index contributed by atoms with van der Waals surface area (Å²) in [6, 6.07) is 0. The van der Waals surface area contributed by atoms with Crippen LogP contribution in [0.4, 0.5) is 0 Å². The molecule has 5 heterocycles. The molecule has 9 nitrogen and oxygen atoms in total. The van der Waals surface area contributed by atoms with Crippen LogP contribution in [0.25, 0.3) is 0 Å². The fourth-order valence-corrected chi connectivity index (χ4v) is 9.15. The van der Waals surface area contributed by atoms with E-state index >= 15 is 0 Å². The van der Waals surface area contributed by atoms with Crippen LogP contribution in [0.1, 0.15) is 134 Å². The molecule has 6 rings (SSSR count). The summed E-state index contributed by atoms with van der Waals surface area (Å²) in [7, 11) is 0. The molecular weight excluding hydrogens is 761 g/mol. The highest BCUT2D eigenvalue weighted by molar-refractivity contribution is 6.38. The van der Waals surface area contributed by atoms with Crippen LogP contribution in [-0.4, -0.2) is 51.8 Å². The molecule has 0 spiro atoms. The monoisotopic (exact) mass is 827 g/mol. The molecule has 1 saturated heterocycles. The Morgan fingerprint density at radius 2 is 1.66 bits per heavy atom. The van der Waals surface area contributed by atoms with Crippen molar-refractivity contribution in [2.45, 2.75) is 140 Å². The van der Waals surface area contributed by atoms with E-state index in [1.54, 1.807) is 6.92 Å². The van der Waals surface area contributed by atoms with E-state index in [2.05, 4.69) is 72.9 Å². The molecule has 3 atom stereocenters. The van der Waals surface area contributed by atoms with Crippen molar-refractivity contribution < 1.29 is 24.5 Å². The molecule has 324 valence electrons. The lowest BCUT2D eigenvalue weighted by molar-refractivity contribution is -0.142. The van der Waals surface area contributed by atoms with E-state index in [0.29, 0.717) is 70.2 Å². The maximum Gasteiger partial charge on any atom is 0.306 e. The quantitative estimate of drug-likeness (QED) is 0.0907. The van der Waals surface area contributed by atoms with Gasteiger partial charge in [0.25, 0.3) is 0 Å². The Labute approximate surface area is 363 Å². The molecule has 6 aliphatic rings. The lowest BCUT2D eigenvalue weighted by atomic mass is 9.84. The number of ketones is 1. The van der Waals surface area contributed by atoms with Crippen LogP contribution in [0.15, 0.2) is 142 Å². The van der Waals surface area contributed by atoms with Crippen LogP contribution in [0, 0.1) is 17.3 Å². The van der Waals surface area contributed by atoms with Crippen LogP contribution in [-0.2, 0) is 14.3 Å². The number of ether oxygens (including phenoxy) is 1. The first kappa shape index (κ1) is 45.4. The van der Waals surface area contributed by atoms with Crippen LogP contribution < -0.4 is 5.32 Å². The molecule has 8 bridgehead atoms. The minimum atomic E-state index is -0.807. The number of carbonyl (C=O) groups excluding carboxylic acids is 2. The lowest BCUT2D eigenvalue weighted by Gasteiger charge is -2.20. The van der Waals surface area contributed by atoms with Crippen LogP contribution in [0.5, 0.6) is 0 Å². The minimum Gasteiger partial charge on any atom is -0.515 e. The number of fused-ring (bicyclic) bond motifs is 5. The van der Waals surface area contributed by atoms with Gasteiger partial charge in [-0.15, -0.1) is 0 Å². The number of esters is 1. The first-order valence-corrected chi connectivity index (χ1v) is 22.2. The number of allylic oxidation sites excluding steroid dienone is 16. The second-order valence-corrected chi connectivity index (χ2v) is 18.9. The number of nitrogens with zero attached hydrogens (tertiary/aromatic N) is 3. The zero-order chi connectivity index (χ0) is 44.3. The standard InChI is InChI=1S/C52H66N4O5/c1-12-35-42-25-43-38(27-52(9,10)11)39(28-57)44(54-43)26-45-48(34(8)58)33(7)41(53-45)24-40-32(6)36(50(55-40)37-23-46(59)49(35)51(37)56-42)19-20-47(60)61-22-21-31(5)18-14-17-30(4)16-13-15-29(2)3/h15,17,21,24-26,28,32,34,36,55,57-58H,12-14,16,18-20,22-23,27H2,1-11H3/b30-17+,31-21+,39-28?,40-24?,42-25?,45-26?,50-37?/t32-,34?,36-/m0/s1. The van der Waals surface area contributed by atoms with Crippen LogP contribution >= 0.6 is 0 Å². The Kier molecular flexibility index (Phi) is 14.0. The molecule has 0 amide bonds. The molecule has 5 aliphatic heterocycles. The maximum absolute atomic E-state index is 14.0. The van der Waals surface area contributed by atoms with Gasteiger partial charge in [-0.05, 0) is 133 Å². The summed E-state index contributed by atoms with van der Waals surface area (Å²) < 4.78 is 5.75. The number of carbonyl (C=O) groups is 2. The van der Waals surface area contributed by atoms with E-state index in [1.165, 1.54) is 16.7 Å². The van der Waals surface area contributed by atoms with Crippen LogP contribution in [0.3, 0.4) is 0 Å². The number of rotatable bonds is 14. The highest BCUT2D eigenvalue weighted by Gasteiger charge is 2.43. The molecule has 2 fully saturated rings. The number of aliphatic hydroxyl groups is 2. The number of nitrogens with one attached hydrogen (secondary N) is 1. The fraction of sp³-hybridized carbons (Fsp3) is 0.481. The van der Waals surface area contributed by atoms with E-state index in [-0.39, 0.29) is 48.5 Å². The number of Topliss-reactive ketones (excluding diaryl/α,β-unsaturated/α-hetero) is 1. The second kappa shape index (κ2) is 18.9. The smallest absolute Gasteiger partial charge is 0.306 e. The van der Waals surface area contributed by atoms with Gasteiger partial charge in [0.15, 0.2) is 5.78 Å². The molecule has 0 aromatic carbocycles. The Balaban J connectivity index is 1.33. The Hall–Kier alpha value is -5.15. The minimum absolute atomic E-state index is 0.0349. The SMILES string of the molecule is CCC1=C2C(=O)CC3=C4NC(=CC5=NC(=CC6=NC(=C(CC(C)(C)C)C6=CO)C=C1N=C32)C(C(C)O)=C5C)[C@@H](C)[C@@H]4CCC(=O)OC/C=C(\C)CC/C=C(\C)CCC=C(C)C. The fourth-order valence-electron chi connectivity index (χ4n) is 9.15. The summed E-state index contributed by atoms with van der Waals surface area (Å²) in [6.45, 7) is 23.1. The number of aliphatic hydroxyl groups excluding tert-OH is 2. The van der Waals surface area contributed by atoms with Crippen molar-refractivity contribution in [3.05, 3.63) is 127 Å². The molecule has 0 aromatic rings. The van der Waals surface area contributed by atoms with Gasteiger partial charge in [-0.3, -0.25) is 9.59 Å². The highest BCUT2D eigenvalue weighted by atomic mass is 16.5. The van der Waals surface area contributed by atoms with Crippen molar-refractivity contribution in [1.82, 2.24) is 5.32 Å². The first-order chi connectivity index (χ1) is 28.9. The van der Waals surface area contributed by atoms with Gasteiger partial charge in [-0.25, -0.2) is 15.0 Å². The highest BCUT2D eigenvalue weighted by Crippen LogP contribution is 2.46.